The van der Waals surface area contributed by atoms with Crippen molar-refractivity contribution in [1.82, 2.24) is 10.6 Å². The Labute approximate surface area is 163 Å². The summed E-state index contributed by atoms with van der Waals surface area (Å²) in [6, 6.07) is 10.0. The Morgan fingerprint density at radius 1 is 1.25 bits per heavy atom. The van der Waals surface area contributed by atoms with Gasteiger partial charge >= 0.3 is 12.1 Å². The molecule has 28 heavy (non-hydrogen) atoms. The standard InChI is InChI=1S/C19H25N3O6/c1-13(8-9-20)17(18(25)27-2)22-16(24)10-15(23)11-21-19(26)28-12-14-6-4-3-5-7-14/h3-7,13,15,17,23H,8,10-12H2,1-2H3,(H,21,26)(H,22,24)/t13-,15-,17-/m1/s1. The minimum atomic E-state index is -1.17. The number of nitrogens with zero attached hydrogens (tertiary/aromatic N) is 1. The van der Waals surface area contributed by atoms with Gasteiger partial charge in [0.2, 0.25) is 5.91 Å². The molecule has 0 saturated carbocycles. The smallest absolute Gasteiger partial charge is 0.407 e. The average Bonchev–Trinajstić information content (AvgIpc) is 2.69. The molecule has 1 rings (SSSR count). The topological polar surface area (TPSA) is 138 Å². The summed E-state index contributed by atoms with van der Waals surface area (Å²) in [5, 5.41) is 23.5. The molecule has 0 unspecified atom stereocenters. The van der Waals surface area contributed by atoms with Gasteiger partial charge in [-0.15, -0.1) is 0 Å². The van der Waals surface area contributed by atoms with Crippen LogP contribution < -0.4 is 10.6 Å². The van der Waals surface area contributed by atoms with E-state index in [4.69, 9.17) is 10.00 Å². The molecule has 1 aromatic carbocycles. The van der Waals surface area contributed by atoms with E-state index in [1.165, 1.54) is 7.11 Å². The quantitative estimate of drug-likeness (QED) is 0.503. The van der Waals surface area contributed by atoms with Crippen LogP contribution in [0.4, 0.5) is 4.79 Å². The zero-order valence-corrected chi connectivity index (χ0v) is 15.9. The predicted octanol–water partition coefficient (Wildman–Crippen LogP) is 0.871. The fourth-order valence-corrected chi connectivity index (χ4v) is 2.32. The lowest BCUT2D eigenvalue weighted by Gasteiger charge is -2.21. The maximum Gasteiger partial charge on any atom is 0.407 e. The molecule has 0 heterocycles. The summed E-state index contributed by atoms with van der Waals surface area (Å²) >= 11 is 0. The predicted molar refractivity (Wildman–Crippen MR) is 98.6 cm³/mol. The Morgan fingerprint density at radius 3 is 2.54 bits per heavy atom. The van der Waals surface area contributed by atoms with Gasteiger partial charge in [0.15, 0.2) is 0 Å². The van der Waals surface area contributed by atoms with Crippen molar-refractivity contribution in [3.05, 3.63) is 35.9 Å². The third-order valence-electron chi connectivity index (χ3n) is 3.87. The first-order valence-corrected chi connectivity index (χ1v) is 8.74. The second-order valence-corrected chi connectivity index (χ2v) is 6.21. The van der Waals surface area contributed by atoms with Gasteiger partial charge in [-0.25, -0.2) is 9.59 Å². The number of benzene rings is 1. The zero-order chi connectivity index (χ0) is 20.9. The number of carbonyl (C=O) groups is 3. The molecule has 0 aliphatic heterocycles. The lowest BCUT2D eigenvalue weighted by Crippen LogP contribution is -2.47. The molecule has 0 bridgehead atoms. The van der Waals surface area contributed by atoms with Crippen molar-refractivity contribution < 1.29 is 29.0 Å². The number of nitrogens with one attached hydrogen (secondary N) is 2. The number of esters is 1. The number of ether oxygens (including phenoxy) is 2. The first kappa shape index (κ1) is 22.9. The number of carbonyl (C=O) groups excluding carboxylic acids is 3. The van der Waals surface area contributed by atoms with Crippen LogP contribution in [0.15, 0.2) is 30.3 Å². The van der Waals surface area contributed by atoms with Crippen molar-refractivity contribution in [3.8, 4) is 6.07 Å². The van der Waals surface area contributed by atoms with Gasteiger partial charge in [0.25, 0.3) is 0 Å². The Balaban J connectivity index is 2.38. The molecular weight excluding hydrogens is 366 g/mol. The summed E-state index contributed by atoms with van der Waals surface area (Å²) in [5.41, 5.74) is 0.818. The molecule has 0 aromatic heterocycles. The van der Waals surface area contributed by atoms with Crippen LogP contribution in [-0.4, -0.2) is 48.9 Å². The van der Waals surface area contributed by atoms with Gasteiger partial charge in [0.1, 0.15) is 12.6 Å². The molecule has 1 aromatic rings. The Bertz CT molecular complexity index is 689. The summed E-state index contributed by atoms with van der Waals surface area (Å²) in [5.74, 6) is -1.73. The van der Waals surface area contributed by atoms with Gasteiger partial charge in [0.05, 0.1) is 25.7 Å². The van der Waals surface area contributed by atoms with Crippen LogP contribution in [0.3, 0.4) is 0 Å². The van der Waals surface area contributed by atoms with Gasteiger partial charge in [-0.2, -0.15) is 5.26 Å². The number of aliphatic hydroxyl groups excluding tert-OH is 1. The molecule has 3 N–H and O–H groups in total. The minimum absolute atomic E-state index is 0.0530. The number of hydrogen-bond acceptors (Lipinski definition) is 7. The van der Waals surface area contributed by atoms with Gasteiger partial charge < -0.3 is 25.2 Å². The molecule has 0 radical (unpaired) electrons. The lowest BCUT2D eigenvalue weighted by molar-refractivity contribution is -0.146. The number of rotatable bonds is 10. The van der Waals surface area contributed by atoms with Crippen LogP contribution in [0.25, 0.3) is 0 Å². The number of aliphatic hydroxyl groups is 1. The Hall–Kier alpha value is -3.12. The fourth-order valence-electron chi connectivity index (χ4n) is 2.32. The van der Waals surface area contributed by atoms with E-state index in [0.29, 0.717) is 0 Å². The monoisotopic (exact) mass is 391 g/mol. The zero-order valence-electron chi connectivity index (χ0n) is 15.9. The van der Waals surface area contributed by atoms with E-state index in [1.54, 1.807) is 19.1 Å². The maximum absolute atomic E-state index is 12.0. The summed E-state index contributed by atoms with van der Waals surface area (Å²) in [6.45, 7) is 1.52. The molecular formula is C19H25N3O6. The van der Waals surface area contributed by atoms with Crippen molar-refractivity contribution >= 4 is 18.0 Å². The number of alkyl carbamates (subject to hydrolysis) is 1. The largest absolute Gasteiger partial charge is 0.467 e. The maximum atomic E-state index is 12.0. The second-order valence-electron chi connectivity index (χ2n) is 6.21. The lowest BCUT2D eigenvalue weighted by atomic mass is 9.98. The highest BCUT2D eigenvalue weighted by molar-refractivity contribution is 5.84. The van der Waals surface area contributed by atoms with Gasteiger partial charge in [0, 0.05) is 18.9 Å². The van der Waals surface area contributed by atoms with Crippen molar-refractivity contribution in [1.29, 1.82) is 5.26 Å². The highest BCUT2D eigenvalue weighted by Crippen LogP contribution is 2.10. The highest BCUT2D eigenvalue weighted by Gasteiger charge is 2.28. The van der Waals surface area contributed by atoms with Crippen molar-refractivity contribution in [2.45, 2.75) is 38.5 Å². The number of methoxy groups -OCH3 is 1. The normalized spacial score (nSPS) is 13.4. The van der Waals surface area contributed by atoms with E-state index in [9.17, 15) is 19.5 Å². The number of hydrogen-bond donors (Lipinski definition) is 3. The van der Waals surface area contributed by atoms with Gasteiger partial charge in [-0.05, 0) is 5.56 Å². The molecule has 3 atom stereocenters. The van der Waals surface area contributed by atoms with Gasteiger partial charge in [-0.3, -0.25) is 4.79 Å². The molecule has 152 valence electrons. The van der Waals surface area contributed by atoms with Crippen LogP contribution in [0.1, 0.15) is 25.3 Å². The molecule has 0 saturated heterocycles. The summed E-state index contributed by atoms with van der Waals surface area (Å²) in [6.07, 6.45) is -2.18. The van der Waals surface area contributed by atoms with E-state index in [0.717, 1.165) is 5.56 Å². The number of nitriles is 1. The third kappa shape index (κ3) is 8.51. The van der Waals surface area contributed by atoms with E-state index in [1.807, 2.05) is 24.3 Å². The first-order chi connectivity index (χ1) is 13.4. The SMILES string of the molecule is COC(=O)[C@H](NC(=O)C[C@@H](O)CNC(=O)OCc1ccccc1)[C@H](C)CC#N. The molecule has 0 aliphatic carbocycles. The fraction of sp³-hybridized carbons (Fsp3) is 0.474. The van der Waals surface area contributed by atoms with Crippen molar-refractivity contribution in [2.75, 3.05) is 13.7 Å². The van der Waals surface area contributed by atoms with E-state index >= 15 is 0 Å². The average molecular weight is 391 g/mol. The Morgan fingerprint density at radius 2 is 1.93 bits per heavy atom. The number of amides is 2. The summed E-state index contributed by atoms with van der Waals surface area (Å²) in [7, 11) is 1.18. The highest BCUT2D eigenvalue weighted by atomic mass is 16.5. The molecule has 0 spiro atoms. The van der Waals surface area contributed by atoms with Crippen LogP contribution in [-0.2, 0) is 25.7 Å². The molecule has 0 fully saturated rings. The molecule has 0 aliphatic rings. The van der Waals surface area contributed by atoms with E-state index in [2.05, 4.69) is 15.4 Å². The first-order valence-electron chi connectivity index (χ1n) is 8.74. The van der Waals surface area contributed by atoms with Gasteiger partial charge in [-0.1, -0.05) is 37.3 Å². The molecule has 9 nitrogen and oxygen atoms in total. The van der Waals surface area contributed by atoms with E-state index < -0.39 is 36.0 Å². The van der Waals surface area contributed by atoms with Crippen LogP contribution >= 0.6 is 0 Å². The molecule has 2 amide bonds. The third-order valence-corrected chi connectivity index (χ3v) is 3.87. The minimum Gasteiger partial charge on any atom is -0.467 e. The second kappa shape index (κ2) is 12.3. The van der Waals surface area contributed by atoms with Crippen LogP contribution in [0.5, 0.6) is 0 Å². The molecule has 9 heteroatoms. The van der Waals surface area contributed by atoms with Crippen molar-refractivity contribution in [3.63, 3.8) is 0 Å². The summed E-state index contributed by atoms with van der Waals surface area (Å²) in [4.78, 5) is 35.5. The van der Waals surface area contributed by atoms with Crippen molar-refractivity contribution in [2.24, 2.45) is 5.92 Å². The van der Waals surface area contributed by atoms with E-state index in [-0.39, 0.29) is 26.0 Å². The van der Waals surface area contributed by atoms with Crippen LogP contribution in [0.2, 0.25) is 0 Å². The summed E-state index contributed by atoms with van der Waals surface area (Å²) < 4.78 is 9.63. The van der Waals surface area contributed by atoms with Crippen LogP contribution in [0, 0.1) is 17.2 Å². The Kier molecular flexibility index (Phi) is 10.1.